The number of nitro benzene ring substituents is 1. The molecule has 0 saturated heterocycles. The van der Waals surface area contributed by atoms with Gasteiger partial charge in [0.2, 0.25) is 0 Å². The number of hydrogen-bond acceptors (Lipinski definition) is 4. The van der Waals surface area contributed by atoms with Gasteiger partial charge >= 0.3 is 0 Å². The Hall–Kier alpha value is -3.41. The van der Waals surface area contributed by atoms with E-state index < -0.39 is 4.92 Å². The van der Waals surface area contributed by atoms with Gasteiger partial charge in [0.05, 0.1) is 4.92 Å². The van der Waals surface area contributed by atoms with E-state index in [1.165, 1.54) is 24.3 Å². The largest absolute Gasteiger partial charge is 0.489 e. The highest BCUT2D eigenvalue weighted by molar-refractivity contribution is 5.51. The number of benzene rings is 3. The fourth-order valence-corrected chi connectivity index (χ4v) is 2.47. The van der Waals surface area contributed by atoms with Crippen LogP contribution in [-0.4, -0.2) is 4.92 Å². The molecule has 3 rings (SSSR count). The Morgan fingerprint density at radius 3 is 2.54 bits per heavy atom. The van der Waals surface area contributed by atoms with Crippen molar-refractivity contribution in [2.45, 2.75) is 13.2 Å². The van der Waals surface area contributed by atoms with Gasteiger partial charge in [0.15, 0.2) is 0 Å². The standard InChI is InChI=1S/C20H17FN2O3/c21-17-6-1-5-16(10-17)14-26-20-9-2-4-15(11-20)13-22-18-7-3-8-19(12-18)23(24)25/h1-12,22H,13-14H2. The highest BCUT2D eigenvalue weighted by Gasteiger charge is 2.05. The summed E-state index contributed by atoms with van der Waals surface area (Å²) in [6, 6.07) is 20.1. The van der Waals surface area contributed by atoms with Gasteiger partial charge < -0.3 is 10.1 Å². The zero-order valence-electron chi connectivity index (χ0n) is 13.9. The van der Waals surface area contributed by atoms with Gasteiger partial charge in [0.1, 0.15) is 18.2 Å². The number of nitrogens with one attached hydrogen (secondary N) is 1. The van der Waals surface area contributed by atoms with Crippen molar-refractivity contribution in [1.82, 2.24) is 0 Å². The third-order valence-corrected chi connectivity index (χ3v) is 3.75. The molecular weight excluding hydrogens is 335 g/mol. The Balaban J connectivity index is 1.60. The predicted octanol–water partition coefficient (Wildman–Crippen LogP) is 4.93. The summed E-state index contributed by atoms with van der Waals surface area (Å²) in [5.74, 6) is 0.383. The smallest absolute Gasteiger partial charge is 0.271 e. The van der Waals surface area contributed by atoms with Crippen molar-refractivity contribution in [3.63, 3.8) is 0 Å². The summed E-state index contributed by atoms with van der Waals surface area (Å²) in [5, 5.41) is 14.0. The Morgan fingerprint density at radius 1 is 0.962 bits per heavy atom. The van der Waals surface area contributed by atoms with Crippen molar-refractivity contribution in [3.8, 4) is 5.75 Å². The summed E-state index contributed by atoms with van der Waals surface area (Å²) in [5.41, 5.74) is 2.44. The lowest BCUT2D eigenvalue weighted by Crippen LogP contribution is -2.01. The Kier molecular flexibility index (Phi) is 5.43. The molecule has 0 aliphatic heterocycles. The van der Waals surface area contributed by atoms with Gasteiger partial charge in [0, 0.05) is 24.4 Å². The van der Waals surface area contributed by atoms with Crippen molar-refractivity contribution >= 4 is 11.4 Å². The molecule has 0 aliphatic rings. The highest BCUT2D eigenvalue weighted by Crippen LogP contribution is 2.20. The molecule has 3 aromatic rings. The van der Waals surface area contributed by atoms with Crippen LogP contribution in [0.15, 0.2) is 72.8 Å². The second-order valence-corrected chi connectivity index (χ2v) is 5.73. The summed E-state index contributed by atoms with van der Waals surface area (Å²) >= 11 is 0. The molecule has 1 N–H and O–H groups in total. The van der Waals surface area contributed by atoms with Gasteiger partial charge in [-0.2, -0.15) is 0 Å². The van der Waals surface area contributed by atoms with Crippen LogP contribution in [0.1, 0.15) is 11.1 Å². The molecule has 0 spiro atoms. The van der Waals surface area contributed by atoms with E-state index in [-0.39, 0.29) is 18.1 Å². The molecule has 26 heavy (non-hydrogen) atoms. The SMILES string of the molecule is O=[N+]([O-])c1cccc(NCc2cccc(OCc3cccc(F)c3)c2)c1. The maximum absolute atomic E-state index is 13.2. The minimum Gasteiger partial charge on any atom is -0.489 e. The number of rotatable bonds is 7. The van der Waals surface area contributed by atoms with Gasteiger partial charge in [0.25, 0.3) is 5.69 Å². The molecule has 0 aliphatic carbocycles. The first-order chi connectivity index (χ1) is 12.6. The Bertz CT molecular complexity index is 915. The van der Waals surface area contributed by atoms with Crippen LogP contribution in [0.2, 0.25) is 0 Å². The number of halogens is 1. The average Bonchev–Trinajstić information content (AvgIpc) is 2.65. The first kappa shape index (κ1) is 17.4. The highest BCUT2D eigenvalue weighted by atomic mass is 19.1. The van der Waals surface area contributed by atoms with E-state index in [0.717, 1.165) is 11.1 Å². The first-order valence-corrected chi connectivity index (χ1v) is 8.05. The molecule has 0 fully saturated rings. The third-order valence-electron chi connectivity index (χ3n) is 3.75. The van der Waals surface area contributed by atoms with Crippen LogP contribution in [0.25, 0.3) is 0 Å². The van der Waals surface area contributed by atoms with Crippen LogP contribution in [-0.2, 0) is 13.2 Å². The lowest BCUT2D eigenvalue weighted by molar-refractivity contribution is -0.384. The first-order valence-electron chi connectivity index (χ1n) is 8.05. The maximum Gasteiger partial charge on any atom is 0.271 e. The molecule has 6 heteroatoms. The topological polar surface area (TPSA) is 64.4 Å². The van der Waals surface area contributed by atoms with Crippen molar-refractivity contribution in [2.24, 2.45) is 0 Å². The van der Waals surface area contributed by atoms with Crippen molar-refractivity contribution in [3.05, 3.63) is 99.9 Å². The quantitative estimate of drug-likeness (QED) is 0.484. The minimum atomic E-state index is -0.425. The summed E-state index contributed by atoms with van der Waals surface area (Å²) in [4.78, 5) is 10.4. The Morgan fingerprint density at radius 2 is 1.73 bits per heavy atom. The van der Waals surface area contributed by atoms with Gasteiger partial charge in [-0.1, -0.05) is 30.3 Å². The van der Waals surface area contributed by atoms with E-state index >= 15 is 0 Å². The van der Waals surface area contributed by atoms with Gasteiger partial charge in [-0.3, -0.25) is 10.1 Å². The van der Waals surface area contributed by atoms with E-state index in [0.29, 0.717) is 18.0 Å². The molecule has 0 heterocycles. The third kappa shape index (κ3) is 4.80. The molecule has 0 radical (unpaired) electrons. The molecule has 0 amide bonds. The van der Waals surface area contributed by atoms with E-state index in [1.54, 1.807) is 24.3 Å². The van der Waals surface area contributed by atoms with Crippen LogP contribution in [0.4, 0.5) is 15.8 Å². The zero-order chi connectivity index (χ0) is 18.4. The molecule has 0 atom stereocenters. The van der Waals surface area contributed by atoms with Gasteiger partial charge in [-0.15, -0.1) is 0 Å². The number of ether oxygens (including phenoxy) is 1. The van der Waals surface area contributed by atoms with E-state index in [2.05, 4.69) is 5.32 Å². The summed E-state index contributed by atoms with van der Waals surface area (Å²) in [6.45, 7) is 0.776. The van der Waals surface area contributed by atoms with Crippen LogP contribution >= 0.6 is 0 Å². The summed E-state index contributed by atoms with van der Waals surface area (Å²) in [7, 11) is 0. The number of hydrogen-bond donors (Lipinski definition) is 1. The number of nitro groups is 1. The zero-order valence-corrected chi connectivity index (χ0v) is 13.9. The molecule has 132 valence electrons. The monoisotopic (exact) mass is 352 g/mol. The van der Waals surface area contributed by atoms with Crippen molar-refractivity contribution in [2.75, 3.05) is 5.32 Å². The van der Waals surface area contributed by atoms with Gasteiger partial charge in [-0.25, -0.2) is 4.39 Å². The lowest BCUT2D eigenvalue weighted by Gasteiger charge is -2.10. The molecule has 0 unspecified atom stereocenters. The number of nitrogens with zero attached hydrogens (tertiary/aromatic N) is 1. The van der Waals surface area contributed by atoms with Crippen LogP contribution in [0, 0.1) is 15.9 Å². The van der Waals surface area contributed by atoms with Crippen LogP contribution in [0.5, 0.6) is 5.75 Å². The molecule has 0 saturated carbocycles. The van der Waals surface area contributed by atoms with E-state index in [1.807, 2.05) is 24.3 Å². The molecule has 3 aromatic carbocycles. The molecule has 0 bridgehead atoms. The minimum absolute atomic E-state index is 0.0437. The fourth-order valence-electron chi connectivity index (χ4n) is 2.47. The summed E-state index contributed by atoms with van der Waals surface area (Å²) in [6.07, 6.45) is 0. The number of anilines is 1. The number of non-ortho nitro benzene ring substituents is 1. The molecular formula is C20H17FN2O3. The maximum atomic E-state index is 13.2. The molecule has 5 nitrogen and oxygen atoms in total. The van der Waals surface area contributed by atoms with Crippen LogP contribution < -0.4 is 10.1 Å². The lowest BCUT2D eigenvalue weighted by atomic mass is 10.2. The van der Waals surface area contributed by atoms with Crippen molar-refractivity contribution in [1.29, 1.82) is 0 Å². The van der Waals surface area contributed by atoms with Crippen molar-refractivity contribution < 1.29 is 14.1 Å². The van der Waals surface area contributed by atoms with E-state index in [4.69, 9.17) is 4.74 Å². The molecule has 0 aromatic heterocycles. The predicted molar refractivity (Wildman–Crippen MR) is 97.6 cm³/mol. The average molecular weight is 352 g/mol. The normalized spacial score (nSPS) is 10.3. The van der Waals surface area contributed by atoms with Crippen LogP contribution in [0.3, 0.4) is 0 Å². The second kappa shape index (κ2) is 8.11. The summed E-state index contributed by atoms with van der Waals surface area (Å²) < 4.78 is 18.9. The Labute approximate surface area is 150 Å². The van der Waals surface area contributed by atoms with E-state index in [9.17, 15) is 14.5 Å². The fraction of sp³-hybridized carbons (Fsp3) is 0.100. The second-order valence-electron chi connectivity index (χ2n) is 5.73. The van der Waals surface area contributed by atoms with Gasteiger partial charge in [-0.05, 0) is 41.5 Å².